The number of anilines is 1. The van der Waals surface area contributed by atoms with Gasteiger partial charge >= 0.3 is 12.0 Å². The maximum absolute atomic E-state index is 14.2. The summed E-state index contributed by atoms with van der Waals surface area (Å²) in [5.74, 6) is 0.231. The molecule has 0 radical (unpaired) electrons. The van der Waals surface area contributed by atoms with Crippen molar-refractivity contribution in [3.05, 3.63) is 106 Å². The molecular formula is C32H30ClFN8O3. The molecule has 13 heteroatoms. The average Bonchev–Trinajstić information content (AvgIpc) is 3.80. The fourth-order valence-corrected chi connectivity index (χ4v) is 6.18. The van der Waals surface area contributed by atoms with E-state index < -0.39 is 11.8 Å². The highest BCUT2D eigenvalue weighted by molar-refractivity contribution is 6.30. The second-order valence-corrected chi connectivity index (χ2v) is 11.7. The summed E-state index contributed by atoms with van der Waals surface area (Å²) in [6, 6.07) is 11.6. The van der Waals surface area contributed by atoms with Crippen LogP contribution in [0, 0.1) is 5.82 Å². The van der Waals surface area contributed by atoms with Gasteiger partial charge in [-0.15, -0.1) is 0 Å². The lowest BCUT2D eigenvalue weighted by molar-refractivity contribution is 0.0697. The number of carboxylic acid groups (broad SMARTS) is 1. The molecule has 230 valence electrons. The minimum Gasteiger partial charge on any atom is -0.478 e. The number of ether oxygens (including phenoxy) is 1. The van der Waals surface area contributed by atoms with Gasteiger partial charge < -0.3 is 23.9 Å². The Balaban J connectivity index is 1.04. The zero-order valence-electron chi connectivity index (χ0n) is 24.5. The molecule has 2 aliphatic rings. The van der Waals surface area contributed by atoms with Gasteiger partial charge in [0.2, 0.25) is 0 Å². The number of carbonyl (C=O) groups is 1. The second kappa shape index (κ2) is 11.9. The molecule has 2 aliphatic heterocycles. The zero-order valence-corrected chi connectivity index (χ0v) is 25.3. The van der Waals surface area contributed by atoms with E-state index in [1.165, 1.54) is 17.2 Å². The van der Waals surface area contributed by atoms with E-state index in [9.17, 15) is 14.3 Å². The smallest absolute Gasteiger partial charge is 0.335 e. The summed E-state index contributed by atoms with van der Waals surface area (Å²) in [6.07, 6.45) is 5.31. The summed E-state index contributed by atoms with van der Waals surface area (Å²) in [5.41, 5.74) is 5.89. The Labute approximate surface area is 263 Å². The number of carboxylic acids is 1. The molecule has 0 saturated heterocycles. The van der Waals surface area contributed by atoms with Gasteiger partial charge in [-0.05, 0) is 54.5 Å². The number of benzene rings is 2. The maximum atomic E-state index is 14.2. The van der Waals surface area contributed by atoms with Gasteiger partial charge in [-0.3, -0.25) is 4.90 Å². The maximum Gasteiger partial charge on any atom is 0.335 e. The van der Waals surface area contributed by atoms with Crippen LogP contribution in [0.15, 0.2) is 72.3 Å². The fraction of sp³-hybridized carbons (Fsp3) is 0.281. The summed E-state index contributed by atoms with van der Waals surface area (Å²) in [5, 5.41) is 9.95. The van der Waals surface area contributed by atoms with Crippen molar-refractivity contribution in [2.24, 2.45) is 0 Å². The van der Waals surface area contributed by atoms with Crippen molar-refractivity contribution in [2.45, 2.75) is 33.2 Å². The third-order valence-corrected chi connectivity index (χ3v) is 8.54. The minimum atomic E-state index is -0.965. The number of nitrogens with zero attached hydrogens (tertiary/aromatic N) is 8. The molecule has 45 heavy (non-hydrogen) atoms. The second-order valence-electron chi connectivity index (χ2n) is 11.2. The summed E-state index contributed by atoms with van der Waals surface area (Å²) >= 11 is 5.85. The minimum absolute atomic E-state index is 0.000652. The van der Waals surface area contributed by atoms with Gasteiger partial charge in [-0.1, -0.05) is 17.7 Å². The molecule has 0 aliphatic carbocycles. The number of imidazole rings is 2. The van der Waals surface area contributed by atoms with E-state index in [0.717, 1.165) is 61.1 Å². The molecule has 2 aromatic carbocycles. The standard InChI is InChI=1S/C32H30ClFN8O3/c1-2-40-19-35-11-25(40)16-42-28-9-20(31(43)44)4-6-27(28)37-30(42)17-39-12-22-14-41(15-23(22)13-39)29-7-8-36-32(38-29)45-18-21-3-5-24(33)10-26(21)34/h3-11,19H,2,12-18H2,1H3,(H,43,44). The summed E-state index contributed by atoms with van der Waals surface area (Å²) in [4.78, 5) is 34.3. The van der Waals surface area contributed by atoms with Crippen LogP contribution < -0.4 is 9.64 Å². The van der Waals surface area contributed by atoms with E-state index in [4.69, 9.17) is 21.3 Å². The van der Waals surface area contributed by atoms with Gasteiger partial charge in [0.25, 0.3) is 0 Å². The molecule has 0 atom stereocenters. The average molecular weight is 629 g/mol. The molecule has 3 aromatic heterocycles. The number of halogens is 2. The van der Waals surface area contributed by atoms with E-state index in [0.29, 0.717) is 23.7 Å². The number of aromatic carboxylic acids is 1. The Hall–Kier alpha value is -4.81. The lowest BCUT2D eigenvalue weighted by atomic mass is 10.2. The van der Waals surface area contributed by atoms with Gasteiger partial charge in [0.1, 0.15) is 24.1 Å². The highest BCUT2D eigenvalue weighted by Crippen LogP contribution is 2.31. The van der Waals surface area contributed by atoms with Gasteiger partial charge in [-0.2, -0.15) is 4.98 Å². The van der Waals surface area contributed by atoms with Crippen molar-refractivity contribution >= 4 is 34.4 Å². The highest BCUT2D eigenvalue weighted by Gasteiger charge is 2.31. The van der Waals surface area contributed by atoms with E-state index in [2.05, 4.69) is 40.8 Å². The topological polar surface area (TPSA) is 114 Å². The normalized spacial score (nSPS) is 15.0. The van der Waals surface area contributed by atoms with Crippen LogP contribution in [0.4, 0.5) is 10.2 Å². The van der Waals surface area contributed by atoms with E-state index in [1.54, 1.807) is 36.5 Å². The summed E-state index contributed by atoms with van der Waals surface area (Å²) in [6.45, 7) is 7.09. The van der Waals surface area contributed by atoms with Crippen molar-refractivity contribution in [1.82, 2.24) is 34.0 Å². The van der Waals surface area contributed by atoms with Gasteiger partial charge in [0.05, 0.1) is 41.7 Å². The Morgan fingerprint density at radius 1 is 1.04 bits per heavy atom. The van der Waals surface area contributed by atoms with Crippen LogP contribution in [0.5, 0.6) is 6.01 Å². The Morgan fingerprint density at radius 3 is 2.62 bits per heavy atom. The predicted octanol–water partition coefficient (Wildman–Crippen LogP) is 4.79. The first-order valence-corrected chi connectivity index (χ1v) is 15.0. The van der Waals surface area contributed by atoms with Crippen LogP contribution in [0.25, 0.3) is 11.0 Å². The van der Waals surface area contributed by atoms with Crippen molar-refractivity contribution in [1.29, 1.82) is 0 Å². The van der Waals surface area contributed by atoms with Crippen molar-refractivity contribution in [3.63, 3.8) is 0 Å². The molecule has 0 fully saturated rings. The number of rotatable bonds is 10. The molecule has 0 saturated carbocycles. The van der Waals surface area contributed by atoms with E-state index >= 15 is 0 Å². The third kappa shape index (κ3) is 5.86. The molecule has 11 nitrogen and oxygen atoms in total. The van der Waals surface area contributed by atoms with Gasteiger partial charge in [-0.25, -0.2) is 24.1 Å². The first-order valence-electron chi connectivity index (χ1n) is 14.6. The molecule has 0 spiro atoms. The SMILES string of the molecule is CCn1cncc1Cn1c(CN2CC3=C(C2)CN(c2ccnc(OCc4ccc(Cl)cc4F)n2)C3)nc2ccc(C(=O)O)cc21. The Bertz CT molecular complexity index is 1940. The first-order chi connectivity index (χ1) is 21.8. The largest absolute Gasteiger partial charge is 0.478 e. The number of hydrogen-bond donors (Lipinski definition) is 1. The predicted molar refractivity (Wildman–Crippen MR) is 166 cm³/mol. The number of aryl methyl sites for hydroxylation is 1. The van der Waals surface area contributed by atoms with Gasteiger partial charge in [0.15, 0.2) is 0 Å². The number of aromatic nitrogens is 6. The lowest BCUT2D eigenvalue weighted by Gasteiger charge is -2.23. The van der Waals surface area contributed by atoms with Crippen LogP contribution in [0.2, 0.25) is 5.02 Å². The van der Waals surface area contributed by atoms with Crippen LogP contribution in [0.3, 0.4) is 0 Å². The molecular weight excluding hydrogens is 599 g/mol. The molecule has 0 amide bonds. The molecule has 7 rings (SSSR count). The lowest BCUT2D eigenvalue weighted by Crippen LogP contribution is -2.31. The molecule has 1 N–H and O–H groups in total. The molecule has 0 unspecified atom stereocenters. The Morgan fingerprint density at radius 2 is 1.87 bits per heavy atom. The highest BCUT2D eigenvalue weighted by atomic mass is 35.5. The van der Waals surface area contributed by atoms with Crippen LogP contribution >= 0.6 is 11.6 Å². The van der Waals surface area contributed by atoms with E-state index in [-0.39, 0.29) is 18.2 Å². The summed E-state index contributed by atoms with van der Waals surface area (Å²) in [7, 11) is 0. The number of hydrogen-bond acceptors (Lipinski definition) is 8. The first kappa shape index (κ1) is 28.9. The molecule has 5 heterocycles. The van der Waals surface area contributed by atoms with Crippen LogP contribution in [-0.2, 0) is 26.2 Å². The fourth-order valence-electron chi connectivity index (χ4n) is 6.02. The van der Waals surface area contributed by atoms with Crippen LogP contribution in [0.1, 0.15) is 34.4 Å². The third-order valence-electron chi connectivity index (χ3n) is 8.31. The Kier molecular flexibility index (Phi) is 7.68. The molecule has 5 aromatic rings. The van der Waals surface area contributed by atoms with Crippen LogP contribution in [-0.4, -0.2) is 71.2 Å². The monoisotopic (exact) mass is 628 g/mol. The van der Waals surface area contributed by atoms with Crippen molar-refractivity contribution < 1.29 is 19.0 Å². The van der Waals surface area contributed by atoms with E-state index in [1.807, 2.05) is 18.6 Å². The van der Waals surface area contributed by atoms with Gasteiger partial charge in [0, 0.05) is 55.7 Å². The quantitative estimate of drug-likeness (QED) is 0.218. The number of fused-ring (bicyclic) bond motifs is 1. The van der Waals surface area contributed by atoms with Crippen molar-refractivity contribution in [2.75, 3.05) is 31.1 Å². The zero-order chi connectivity index (χ0) is 31.1. The molecule has 0 bridgehead atoms. The van der Waals surface area contributed by atoms with Crippen molar-refractivity contribution in [3.8, 4) is 6.01 Å². The summed E-state index contributed by atoms with van der Waals surface area (Å²) < 4.78 is 24.1.